The molecule has 0 saturated carbocycles. The average Bonchev–Trinajstić information content (AvgIpc) is 2.97. The second kappa shape index (κ2) is 12.4. The molecule has 1 fully saturated rings. The molecule has 2 aliphatic heterocycles. The fourth-order valence-electron chi connectivity index (χ4n) is 4.56. The lowest BCUT2D eigenvalue weighted by Crippen LogP contribution is -2.41. The van der Waals surface area contributed by atoms with Crippen molar-refractivity contribution in [1.82, 2.24) is 15.1 Å². The zero-order valence-corrected chi connectivity index (χ0v) is 21.4. The van der Waals surface area contributed by atoms with Crippen LogP contribution >= 0.6 is 0 Å². The lowest BCUT2D eigenvalue weighted by Gasteiger charge is -2.26. The van der Waals surface area contributed by atoms with Crippen molar-refractivity contribution in [3.8, 4) is 11.8 Å². The molecule has 0 radical (unpaired) electrons. The Labute approximate surface area is 223 Å². The number of morpholine rings is 1. The van der Waals surface area contributed by atoms with E-state index in [-0.39, 0.29) is 11.8 Å². The van der Waals surface area contributed by atoms with Crippen LogP contribution in [0, 0.1) is 11.8 Å². The number of nitrogens with zero attached hydrogens (tertiary/aromatic N) is 2. The minimum absolute atomic E-state index is 0.105. The van der Waals surface area contributed by atoms with Gasteiger partial charge >= 0.3 is 0 Å². The van der Waals surface area contributed by atoms with E-state index in [1.807, 2.05) is 42.6 Å². The standard InChI is InChI=1S/C32H31N3O3/c36-31(33-16-18-34-19-21-38-22-20-34)28-11-13-29(14-12-28)32(37)35-17-15-27-10-9-26(23-30(27)24-35)8-4-7-25-5-2-1-3-6-25/h1-3,5-6,9-15,17,23H,7,16,18-22,24H2,(H,33,36). The zero-order valence-electron chi connectivity index (χ0n) is 21.4. The minimum atomic E-state index is -0.134. The van der Waals surface area contributed by atoms with Crippen molar-refractivity contribution < 1.29 is 14.3 Å². The van der Waals surface area contributed by atoms with Crippen LogP contribution in [0.2, 0.25) is 0 Å². The molecule has 1 saturated heterocycles. The average molecular weight is 506 g/mol. The SMILES string of the molecule is O=C(NCCN1CCOCC1)c1ccc(C(=O)N2C=Cc3ccc(C#CCc4ccccc4)cc3C2)cc1. The van der Waals surface area contributed by atoms with E-state index in [9.17, 15) is 9.59 Å². The van der Waals surface area contributed by atoms with E-state index >= 15 is 0 Å². The van der Waals surface area contributed by atoms with Crippen molar-refractivity contribution in [2.24, 2.45) is 0 Å². The Hall–Kier alpha value is -4.18. The number of rotatable bonds is 6. The number of carbonyl (C=O) groups excluding carboxylic acids is 2. The Kier molecular flexibility index (Phi) is 8.29. The molecule has 2 heterocycles. The number of fused-ring (bicyclic) bond motifs is 1. The van der Waals surface area contributed by atoms with Gasteiger partial charge in [0.1, 0.15) is 0 Å². The molecular weight excluding hydrogens is 474 g/mol. The molecular formula is C32H31N3O3. The van der Waals surface area contributed by atoms with Crippen LogP contribution in [0.4, 0.5) is 0 Å². The smallest absolute Gasteiger partial charge is 0.258 e. The molecule has 0 atom stereocenters. The van der Waals surface area contributed by atoms with Crippen LogP contribution in [0.5, 0.6) is 0 Å². The van der Waals surface area contributed by atoms with Gasteiger partial charge in [0.15, 0.2) is 0 Å². The molecule has 3 aromatic carbocycles. The summed E-state index contributed by atoms with van der Waals surface area (Å²) in [6.07, 6.45) is 4.47. The summed E-state index contributed by atoms with van der Waals surface area (Å²) < 4.78 is 5.35. The van der Waals surface area contributed by atoms with E-state index in [4.69, 9.17) is 4.74 Å². The molecule has 0 aliphatic carbocycles. The fourth-order valence-corrected chi connectivity index (χ4v) is 4.56. The molecule has 2 amide bonds. The van der Waals surface area contributed by atoms with Crippen molar-refractivity contribution in [2.45, 2.75) is 13.0 Å². The van der Waals surface area contributed by atoms with Crippen LogP contribution in [0.1, 0.15) is 43.0 Å². The minimum Gasteiger partial charge on any atom is -0.379 e. The molecule has 0 bridgehead atoms. The number of nitrogens with one attached hydrogen (secondary N) is 1. The highest BCUT2D eigenvalue weighted by atomic mass is 16.5. The predicted molar refractivity (Wildman–Crippen MR) is 148 cm³/mol. The van der Waals surface area contributed by atoms with Gasteiger partial charge in [-0.3, -0.25) is 14.5 Å². The maximum Gasteiger partial charge on any atom is 0.258 e. The Morgan fingerprint density at radius 3 is 2.47 bits per heavy atom. The molecule has 6 nitrogen and oxygen atoms in total. The first kappa shape index (κ1) is 25.5. The van der Waals surface area contributed by atoms with Crippen molar-refractivity contribution in [3.63, 3.8) is 0 Å². The number of amides is 2. The largest absolute Gasteiger partial charge is 0.379 e. The molecule has 0 unspecified atom stereocenters. The van der Waals surface area contributed by atoms with E-state index in [0.717, 1.165) is 49.5 Å². The maximum atomic E-state index is 13.2. The third-order valence-electron chi connectivity index (χ3n) is 6.76. The van der Waals surface area contributed by atoms with Crippen LogP contribution in [-0.2, 0) is 17.7 Å². The van der Waals surface area contributed by atoms with Gasteiger partial charge in [-0.15, -0.1) is 0 Å². The summed E-state index contributed by atoms with van der Waals surface area (Å²) in [6, 6.07) is 23.1. The summed E-state index contributed by atoms with van der Waals surface area (Å²) in [4.78, 5) is 29.7. The first-order valence-corrected chi connectivity index (χ1v) is 13.0. The molecule has 1 N–H and O–H groups in total. The summed E-state index contributed by atoms with van der Waals surface area (Å²) in [7, 11) is 0. The third kappa shape index (κ3) is 6.57. The number of carbonyl (C=O) groups is 2. The lowest BCUT2D eigenvalue weighted by molar-refractivity contribution is 0.0383. The van der Waals surface area contributed by atoms with E-state index < -0.39 is 0 Å². The van der Waals surface area contributed by atoms with Gasteiger partial charge in [-0.25, -0.2) is 0 Å². The second-order valence-corrected chi connectivity index (χ2v) is 9.41. The van der Waals surface area contributed by atoms with Crippen molar-refractivity contribution in [1.29, 1.82) is 0 Å². The molecule has 3 aromatic rings. The molecule has 6 heteroatoms. The van der Waals surface area contributed by atoms with Crippen molar-refractivity contribution in [2.75, 3.05) is 39.4 Å². The summed E-state index contributed by atoms with van der Waals surface area (Å²) in [5.74, 6) is 6.25. The van der Waals surface area contributed by atoms with Crippen molar-refractivity contribution >= 4 is 17.9 Å². The van der Waals surface area contributed by atoms with Gasteiger partial charge in [0.05, 0.1) is 19.8 Å². The topological polar surface area (TPSA) is 61.9 Å². The molecule has 192 valence electrons. The predicted octanol–water partition coefficient (Wildman–Crippen LogP) is 3.97. The molecule has 38 heavy (non-hydrogen) atoms. The van der Waals surface area contributed by atoms with E-state index in [1.165, 1.54) is 5.56 Å². The third-order valence-corrected chi connectivity index (χ3v) is 6.76. The summed E-state index contributed by atoms with van der Waals surface area (Å²) in [6.45, 7) is 5.13. The Morgan fingerprint density at radius 2 is 1.68 bits per heavy atom. The normalized spacial score (nSPS) is 14.8. The quantitative estimate of drug-likeness (QED) is 0.515. The monoisotopic (exact) mass is 505 g/mol. The van der Waals surface area contributed by atoms with Gasteiger partial charge in [0, 0.05) is 55.5 Å². The summed E-state index contributed by atoms with van der Waals surface area (Å²) in [5, 5.41) is 2.96. The maximum absolute atomic E-state index is 13.2. The highest BCUT2D eigenvalue weighted by Crippen LogP contribution is 2.23. The van der Waals surface area contributed by atoms with E-state index in [2.05, 4.69) is 40.3 Å². The highest BCUT2D eigenvalue weighted by Gasteiger charge is 2.19. The van der Waals surface area contributed by atoms with Gasteiger partial charge in [-0.05, 0) is 59.2 Å². The molecule has 0 spiro atoms. The van der Waals surface area contributed by atoms with Gasteiger partial charge in [-0.2, -0.15) is 0 Å². The van der Waals surface area contributed by atoms with Crippen LogP contribution in [0.15, 0.2) is 79.0 Å². The molecule has 5 rings (SSSR count). The number of benzene rings is 3. The van der Waals surface area contributed by atoms with Gasteiger partial charge in [0.2, 0.25) is 0 Å². The Balaban J connectivity index is 1.16. The Morgan fingerprint density at radius 1 is 0.921 bits per heavy atom. The van der Waals surface area contributed by atoms with Crippen LogP contribution in [0.25, 0.3) is 6.08 Å². The van der Waals surface area contributed by atoms with Crippen LogP contribution in [0.3, 0.4) is 0 Å². The Bertz CT molecular complexity index is 1360. The molecule has 0 aromatic heterocycles. The van der Waals surface area contributed by atoms with Gasteiger partial charge in [0.25, 0.3) is 11.8 Å². The van der Waals surface area contributed by atoms with E-state index in [1.54, 1.807) is 29.2 Å². The zero-order chi connectivity index (χ0) is 26.2. The van der Waals surface area contributed by atoms with E-state index in [0.29, 0.717) is 30.6 Å². The highest BCUT2D eigenvalue weighted by molar-refractivity contribution is 5.98. The number of hydrogen-bond acceptors (Lipinski definition) is 4. The molecule has 2 aliphatic rings. The summed E-state index contributed by atoms with van der Waals surface area (Å²) in [5.41, 5.74) is 5.36. The fraction of sp³-hybridized carbons (Fsp3) is 0.250. The second-order valence-electron chi connectivity index (χ2n) is 9.41. The van der Waals surface area contributed by atoms with Crippen LogP contribution in [-0.4, -0.2) is 61.0 Å². The van der Waals surface area contributed by atoms with Gasteiger partial charge < -0.3 is 15.0 Å². The first-order chi connectivity index (χ1) is 18.7. The van der Waals surface area contributed by atoms with Crippen molar-refractivity contribution in [3.05, 3.63) is 112 Å². The van der Waals surface area contributed by atoms with Gasteiger partial charge in [-0.1, -0.05) is 48.2 Å². The number of hydrogen-bond donors (Lipinski definition) is 1. The number of ether oxygens (including phenoxy) is 1. The lowest BCUT2D eigenvalue weighted by atomic mass is 10.0. The first-order valence-electron chi connectivity index (χ1n) is 13.0. The van der Waals surface area contributed by atoms with Crippen LogP contribution < -0.4 is 5.32 Å². The summed E-state index contributed by atoms with van der Waals surface area (Å²) >= 11 is 0.